The lowest BCUT2D eigenvalue weighted by Crippen LogP contribution is -2.10. The third-order valence-electron chi connectivity index (χ3n) is 9.28. The van der Waals surface area contributed by atoms with Crippen LogP contribution in [-0.2, 0) is 0 Å². The number of para-hydroxylation sites is 1. The van der Waals surface area contributed by atoms with E-state index in [9.17, 15) is 0 Å². The molecule has 2 heteroatoms. The first-order valence-electron chi connectivity index (χ1n) is 16.3. The van der Waals surface area contributed by atoms with Gasteiger partial charge in [0.25, 0.3) is 0 Å². The van der Waals surface area contributed by atoms with Crippen LogP contribution in [0, 0.1) is 0 Å². The average molecular weight is 614 g/mol. The van der Waals surface area contributed by atoms with Gasteiger partial charge in [-0.05, 0) is 92.7 Å². The van der Waals surface area contributed by atoms with Gasteiger partial charge in [-0.1, -0.05) is 140 Å². The molecular weight excluding hydrogens is 583 g/mol. The number of hydrogen-bond donors (Lipinski definition) is 0. The van der Waals surface area contributed by atoms with Gasteiger partial charge in [0.15, 0.2) is 0 Å². The SMILES string of the molecule is c1ccc(-c2ccc(N(c3ccc(-c4cccc(-c5cccc6ccccc56)c4)cc3)c3cccc4oc5ccccc5c34)cc2)cc1. The Labute approximate surface area is 279 Å². The van der Waals surface area contributed by atoms with E-state index < -0.39 is 0 Å². The highest BCUT2D eigenvalue weighted by atomic mass is 16.3. The van der Waals surface area contributed by atoms with Crippen molar-refractivity contribution in [3.63, 3.8) is 0 Å². The van der Waals surface area contributed by atoms with Crippen molar-refractivity contribution < 1.29 is 4.42 Å². The van der Waals surface area contributed by atoms with Crippen molar-refractivity contribution in [3.8, 4) is 33.4 Å². The molecule has 0 saturated carbocycles. The predicted molar refractivity (Wildman–Crippen MR) is 202 cm³/mol. The van der Waals surface area contributed by atoms with E-state index in [-0.39, 0.29) is 0 Å². The Morgan fingerprint density at radius 1 is 0.354 bits per heavy atom. The Bertz CT molecular complexity index is 2540. The summed E-state index contributed by atoms with van der Waals surface area (Å²) < 4.78 is 6.32. The van der Waals surface area contributed by atoms with Crippen LogP contribution in [0.4, 0.5) is 17.1 Å². The lowest BCUT2D eigenvalue weighted by molar-refractivity contribution is 0.669. The van der Waals surface area contributed by atoms with E-state index >= 15 is 0 Å². The molecular formula is C46H31NO. The van der Waals surface area contributed by atoms with Crippen LogP contribution < -0.4 is 4.90 Å². The Hall–Kier alpha value is -6.38. The molecule has 8 aromatic carbocycles. The second-order valence-electron chi connectivity index (χ2n) is 12.2. The number of rotatable bonds is 6. The summed E-state index contributed by atoms with van der Waals surface area (Å²) in [5, 5.41) is 4.73. The first-order chi connectivity index (χ1) is 23.8. The molecule has 0 radical (unpaired) electrons. The maximum absolute atomic E-state index is 6.32. The molecule has 1 heterocycles. The molecule has 0 aliphatic rings. The summed E-state index contributed by atoms with van der Waals surface area (Å²) >= 11 is 0. The van der Waals surface area contributed by atoms with Crippen molar-refractivity contribution in [2.75, 3.05) is 4.90 Å². The van der Waals surface area contributed by atoms with Crippen LogP contribution in [-0.4, -0.2) is 0 Å². The van der Waals surface area contributed by atoms with Gasteiger partial charge < -0.3 is 9.32 Å². The highest BCUT2D eigenvalue weighted by molar-refractivity contribution is 6.13. The largest absolute Gasteiger partial charge is 0.456 e. The molecule has 0 unspecified atom stereocenters. The normalized spacial score (nSPS) is 11.3. The first kappa shape index (κ1) is 27.9. The molecule has 0 bridgehead atoms. The van der Waals surface area contributed by atoms with Crippen LogP contribution in [0.2, 0.25) is 0 Å². The van der Waals surface area contributed by atoms with Crippen LogP contribution >= 0.6 is 0 Å². The fraction of sp³-hybridized carbons (Fsp3) is 0. The molecule has 48 heavy (non-hydrogen) atoms. The molecule has 0 aliphatic heterocycles. The topological polar surface area (TPSA) is 16.4 Å². The monoisotopic (exact) mass is 613 g/mol. The number of fused-ring (bicyclic) bond motifs is 4. The Kier molecular flexibility index (Phi) is 6.84. The van der Waals surface area contributed by atoms with Crippen molar-refractivity contribution in [2.24, 2.45) is 0 Å². The third kappa shape index (κ3) is 4.92. The van der Waals surface area contributed by atoms with Crippen molar-refractivity contribution >= 4 is 49.8 Å². The highest BCUT2D eigenvalue weighted by Gasteiger charge is 2.19. The standard InChI is InChI=1S/C46H31NO/c1-2-11-32(12-3-1)33-23-27-38(28-24-33)47(43-20-10-22-45-46(43)42-18-6-7-21-44(42)48-45)39-29-25-34(26-30-39)36-15-8-16-37(31-36)41-19-9-14-35-13-4-5-17-40(35)41/h1-31H. The van der Waals surface area contributed by atoms with Gasteiger partial charge in [0.1, 0.15) is 11.2 Å². The summed E-state index contributed by atoms with van der Waals surface area (Å²) in [7, 11) is 0. The van der Waals surface area contributed by atoms with E-state index in [4.69, 9.17) is 4.42 Å². The van der Waals surface area contributed by atoms with E-state index in [0.717, 1.165) is 39.0 Å². The van der Waals surface area contributed by atoms with Gasteiger partial charge in [-0.3, -0.25) is 0 Å². The van der Waals surface area contributed by atoms with Gasteiger partial charge in [-0.2, -0.15) is 0 Å². The quantitative estimate of drug-likeness (QED) is 0.185. The summed E-state index contributed by atoms with van der Waals surface area (Å²) in [5.41, 5.74) is 12.2. The van der Waals surface area contributed by atoms with Crippen LogP contribution in [0.15, 0.2) is 192 Å². The van der Waals surface area contributed by atoms with Crippen LogP contribution in [0.1, 0.15) is 0 Å². The third-order valence-corrected chi connectivity index (χ3v) is 9.28. The molecule has 0 aliphatic carbocycles. The molecule has 0 N–H and O–H groups in total. The fourth-order valence-corrected chi connectivity index (χ4v) is 6.95. The smallest absolute Gasteiger partial charge is 0.137 e. The van der Waals surface area contributed by atoms with Crippen molar-refractivity contribution in [1.82, 2.24) is 0 Å². The van der Waals surface area contributed by atoms with E-state index in [1.165, 1.54) is 44.2 Å². The van der Waals surface area contributed by atoms with Crippen molar-refractivity contribution in [2.45, 2.75) is 0 Å². The molecule has 9 aromatic rings. The molecule has 0 saturated heterocycles. The van der Waals surface area contributed by atoms with Gasteiger partial charge in [0.05, 0.1) is 11.1 Å². The Morgan fingerprint density at radius 3 is 1.69 bits per heavy atom. The van der Waals surface area contributed by atoms with Gasteiger partial charge in [0.2, 0.25) is 0 Å². The van der Waals surface area contributed by atoms with Crippen LogP contribution in [0.25, 0.3) is 66.1 Å². The Morgan fingerprint density at radius 2 is 0.896 bits per heavy atom. The minimum absolute atomic E-state index is 0.876. The number of anilines is 3. The van der Waals surface area contributed by atoms with Gasteiger partial charge in [-0.25, -0.2) is 0 Å². The number of benzene rings is 8. The minimum Gasteiger partial charge on any atom is -0.456 e. The van der Waals surface area contributed by atoms with Gasteiger partial charge in [0, 0.05) is 16.8 Å². The summed E-state index contributed by atoms with van der Waals surface area (Å²) in [4.78, 5) is 2.34. The Balaban J connectivity index is 1.15. The van der Waals surface area contributed by atoms with E-state index in [2.05, 4.69) is 181 Å². The van der Waals surface area contributed by atoms with E-state index in [1.807, 2.05) is 12.1 Å². The maximum Gasteiger partial charge on any atom is 0.137 e. The van der Waals surface area contributed by atoms with Crippen LogP contribution in [0.3, 0.4) is 0 Å². The van der Waals surface area contributed by atoms with E-state index in [1.54, 1.807) is 0 Å². The predicted octanol–water partition coefficient (Wildman–Crippen LogP) is 13.2. The molecule has 0 fully saturated rings. The van der Waals surface area contributed by atoms with Crippen molar-refractivity contribution in [1.29, 1.82) is 0 Å². The average Bonchev–Trinajstić information content (AvgIpc) is 3.55. The van der Waals surface area contributed by atoms with Crippen LogP contribution in [0.5, 0.6) is 0 Å². The number of hydrogen-bond acceptors (Lipinski definition) is 2. The molecule has 2 nitrogen and oxygen atoms in total. The molecule has 226 valence electrons. The molecule has 1 aromatic heterocycles. The van der Waals surface area contributed by atoms with Gasteiger partial charge in [-0.15, -0.1) is 0 Å². The molecule has 0 atom stereocenters. The summed E-state index contributed by atoms with van der Waals surface area (Å²) in [6, 6.07) is 66.9. The minimum atomic E-state index is 0.876. The summed E-state index contributed by atoms with van der Waals surface area (Å²) in [6.45, 7) is 0. The first-order valence-corrected chi connectivity index (χ1v) is 16.3. The molecule has 0 amide bonds. The number of nitrogens with zero attached hydrogens (tertiary/aromatic N) is 1. The molecule has 9 rings (SSSR count). The second kappa shape index (κ2) is 11.8. The lowest BCUT2D eigenvalue weighted by atomic mass is 9.95. The highest BCUT2D eigenvalue weighted by Crippen LogP contribution is 2.43. The summed E-state index contributed by atoms with van der Waals surface area (Å²) in [6.07, 6.45) is 0. The van der Waals surface area contributed by atoms with Crippen molar-refractivity contribution in [3.05, 3.63) is 188 Å². The second-order valence-corrected chi connectivity index (χ2v) is 12.2. The summed E-state index contributed by atoms with van der Waals surface area (Å²) in [5.74, 6) is 0. The fourth-order valence-electron chi connectivity index (χ4n) is 6.95. The van der Waals surface area contributed by atoms with E-state index in [0.29, 0.717) is 0 Å². The zero-order valence-electron chi connectivity index (χ0n) is 26.3. The number of furan rings is 1. The maximum atomic E-state index is 6.32. The van der Waals surface area contributed by atoms with Gasteiger partial charge >= 0.3 is 0 Å². The molecule has 0 spiro atoms. The zero-order chi connectivity index (χ0) is 31.9. The lowest BCUT2D eigenvalue weighted by Gasteiger charge is -2.26. The zero-order valence-corrected chi connectivity index (χ0v) is 26.3.